The van der Waals surface area contributed by atoms with Crippen molar-refractivity contribution in [3.63, 3.8) is 0 Å². The standard InChI is InChI=1S/C14H19NO2/c1-14(8-17-9-14)7-15-12-6-5-11-10(12)3-2-4-13(11)16/h2-4,12,15-16H,5-9H2,1H3. The van der Waals surface area contributed by atoms with E-state index in [0.29, 0.717) is 17.2 Å². The molecule has 1 saturated heterocycles. The Morgan fingerprint density at radius 3 is 3.00 bits per heavy atom. The van der Waals surface area contributed by atoms with E-state index in [1.54, 1.807) is 6.07 Å². The largest absolute Gasteiger partial charge is 0.508 e. The highest BCUT2D eigenvalue weighted by Crippen LogP contribution is 2.37. The minimum Gasteiger partial charge on any atom is -0.508 e. The lowest BCUT2D eigenvalue weighted by molar-refractivity contribution is -0.100. The molecule has 0 aromatic heterocycles. The molecular formula is C14H19NO2. The zero-order chi connectivity index (χ0) is 11.9. The molecule has 2 aliphatic rings. The van der Waals surface area contributed by atoms with Crippen molar-refractivity contribution in [1.82, 2.24) is 5.32 Å². The summed E-state index contributed by atoms with van der Waals surface area (Å²) in [6, 6.07) is 6.23. The molecule has 1 atom stereocenters. The summed E-state index contributed by atoms with van der Waals surface area (Å²) in [5.41, 5.74) is 2.70. The van der Waals surface area contributed by atoms with E-state index >= 15 is 0 Å². The van der Waals surface area contributed by atoms with Gasteiger partial charge >= 0.3 is 0 Å². The second-order valence-electron chi connectivity index (χ2n) is 5.62. The van der Waals surface area contributed by atoms with E-state index in [2.05, 4.69) is 18.3 Å². The predicted octanol–water partition coefficient (Wildman–Crippen LogP) is 2.01. The van der Waals surface area contributed by atoms with Crippen LogP contribution < -0.4 is 5.32 Å². The number of nitrogens with one attached hydrogen (secondary N) is 1. The maximum atomic E-state index is 9.79. The molecule has 17 heavy (non-hydrogen) atoms. The fraction of sp³-hybridized carbons (Fsp3) is 0.571. The number of rotatable bonds is 3. The van der Waals surface area contributed by atoms with Crippen molar-refractivity contribution in [1.29, 1.82) is 0 Å². The van der Waals surface area contributed by atoms with Crippen LogP contribution in [0.1, 0.15) is 30.5 Å². The molecule has 0 spiro atoms. The van der Waals surface area contributed by atoms with Gasteiger partial charge in [0.1, 0.15) is 5.75 Å². The SMILES string of the molecule is CC1(CNC2CCc3c(O)cccc32)COC1. The van der Waals surface area contributed by atoms with E-state index in [1.807, 2.05) is 6.07 Å². The Kier molecular flexibility index (Phi) is 2.60. The van der Waals surface area contributed by atoms with Gasteiger partial charge in [0.2, 0.25) is 0 Å². The molecule has 0 radical (unpaired) electrons. The van der Waals surface area contributed by atoms with Gasteiger partial charge in [-0.25, -0.2) is 0 Å². The molecule has 0 saturated carbocycles. The highest BCUT2D eigenvalue weighted by atomic mass is 16.5. The smallest absolute Gasteiger partial charge is 0.119 e. The third-order valence-electron chi connectivity index (χ3n) is 3.92. The Balaban J connectivity index is 1.69. The second kappa shape index (κ2) is 4.00. The van der Waals surface area contributed by atoms with Gasteiger partial charge in [0.25, 0.3) is 0 Å². The zero-order valence-electron chi connectivity index (χ0n) is 10.2. The molecule has 3 nitrogen and oxygen atoms in total. The van der Waals surface area contributed by atoms with Crippen molar-refractivity contribution < 1.29 is 9.84 Å². The summed E-state index contributed by atoms with van der Waals surface area (Å²) >= 11 is 0. The van der Waals surface area contributed by atoms with Crippen LogP contribution in [0.25, 0.3) is 0 Å². The molecule has 1 aromatic carbocycles. The number of benzene rings is 1. The van der Waals surface area contributed by atoms with Gasteiger partial charge in [-0.05, 0) is 30.0 Å². The summed E-state index contributed by atoms with van der Waals surface area (Å²) in [5.74, 6) is 0.449. The molecule has 1 aliphatic carbocycles. The number of phenolic OH excluding ortho intramolecular Hbond substituents is 1. The predicted molar refractivity (Wildman–Crippen MR) is 66.1 cm³/mol. The normalized spacial score (nSPS) is 25.4. The molecule has 3 heteroatoms. The first-order chi connectivity index (χ1) is 8.18. The first-order valence-electron chi connectivity index (χ1n) is 6.30. The van der Waals surface area contributed by atoms with E-state index < -0.39 is 0 Å². The maximum absolute atomic E-state index is 9.79. The van der Waals surface area contributed by atoms with Gasteiger partial charge in [0.05, 0.1) is 13.2 Å². The highest BCUT2D eigenvalue weighted by molar-refractivity contribution is 5.44. The Morgan fingerprint density at radius 2 is 2.29 bits per heavy atom. The topological polar surface area (TPSA) is 41.5 Å². The average molecular weight is 233 g/mol. The van der Waals surface area contributed by atoms with E-state index in [9.17, 15) is 5.11 Å². The molecule has 2 N–H and O–H groups in total. The Hall–Kier alpha value is -1.06. The molecular weight excluding hydrogens is 214 g/mol. The maximum Gasteiger partial charge on any atom is 0.119 e. The van der Waals surface area contributed by atoms with Crippen molar-refractivity contribution in [2.75, 3.05) is 19.8 Å². The van der Waals surface area contributed by atoms with Gasteiger partial charge in [-0.2, -0.15) is 0 Å². The van der Waals surface area contributed by atoms with E-state index in [0.717, 1.165) is 38.2 Å². The first-order valence-corrected chi connectivity index (χ1v) is 6.30. The fourth-order valence-electron chi connectivity index (χ4n) is 2.77. The van der Waals surface area contributed by atoms with Crippen LogP contribution in [-0.4, -0.2) is 24.9 Å². The summed E-state index contributed by atoms with van der Waals surface area (Å²) in [6.07, 6.45) is 2.07. The Morgan fingerprint density at radius 1 is 1.47 bits per heavy atom. The van der Waals surface area contributed by atoms with Gasteiger partial charge < -0.3 is 15.2 Å². The molecule has 0 bridgehead atoms. The summed E-state index contributed by atoms with van der Waals surface area (Å²) in [4.78, 5) is 0. The van der Waals surface area contributed by atoms with E-state index in [1.165, 1.54) is 5.56 Å². The number of ether oxygens (including phenoxy) is 1. The summed E-state index contributed by atoms with van der Waals surface area (Å²) in [6.45, 7) is 4.97. The van der Waals surface area contributed by atoms with Crippen molar-refractivity contribution in [3.8, 4) is 5.75 Å². The molecule has 1 aromatic rings. The Bertz CT molecular complexity index is 426. The van der Waals surface area contributed by atoms with Gasteiger partial charge in [0, 0.05) is 18.0 Å². The summed E-state index contributed by atoms with van der Waals surface area (Å²) < 4.78 is 5.26. The fourth-order valence-corrected chi connectivity index (χ4v) is 2.77. The van der Waals surface area contributed by atoms with Gasteiger partial charge in [-0.3, -0.25) is 0 Å². The Labute approximate surface area is 102 Å². The second-order valence-corrected chi connectivity index (χ2v) is 5.62. The van der Waals surface area contributed by atoms with Crippen molar-refractivity contribution in [2.24, 2.45) is 5.41 Å². The van der Waals surface area contributed by atoms with Crippen LogP contribution in [0.5, 0.6) is 5.75 Å². The van der Waals surface area contributed by atoms with Crippen molar-refractivity contribution in [3.05, 3.63) is 29.3 Å². The van der Waals surface area contributed by atoms with Crippen molar-refractivity contribution >= 4 is 0 Å². The number of hydrogen-bond donors (Lipinski definition) is 2. The minimum absolute atomic E-state index is 0.305. The van der Waals surface area contributed by atoms with Crippen LogP contribution >= 0.6 is 0 Å². The zero-order valence-corrected chi connectivity index (χ0v) is 10.2. The molecule has 92 valence electrons. The molecule has 1 fully saturated rings. The summed E-state index contributed by atoms with van der Waals surface area (Å²) in [5, 5.41) is 13.4. The monoisotopic (exact) mass is 233 g/mol. The molecule has 1 unspecified atom stereocenters. The molecule has 3 rings (SSSR count). The number of aromatic hydroxyl groups is 1. The lowest BCUT2D eigenvalue weighted by Gasteiger charge is -2.39. The molecule has 1 heterocycles. The first kappa shape index (κ1) is 11.1. The van der Waals surface area contributed by atoms with Crippen LogP contribution in [0.4, 0.5) is 0 Å². The van der Waals surface area contributed by atoms with Gasteiger partial charge in [0.15, 0.2) is 0 Å². The highest BCUT2D eigenvalue weighted by Gasteiger charge is 2.34. The number of fused-ring (bicyclic) bond motifs is 1. The minimum atomic E-state index is 0.305. The van der Waals surface area contributed by atoms with Crippen LogP contribution in [0, 0.1) is 5.41 Å². The third kappa shape index (κ3) is 1.94. The quantitative estimate of drug-likeness (QED) is 0.839. The van der Waals surface area contributed by atoms with Crippen LogP contribution in [0.15, 0.2) is 18.2 Å². The lowest BCUT2D eigenvalue weighted by Crippen LogP contribution is -2.47. The summed E-state index contributed by atoms with van der Waals surface area (Å²) in [7, 11) is 0. The molecule has 1 aliphatic heterocycles. The van der Waals surface area contributed by atoms with Crippen LogP contribution in [-0.2, 0) is 11.2 Å². The van der Waals surface area contributed by atoms with Crippen molar-refractivity contribution in [2.45, 2.75) is 25.8 Å². The van der Waals surface area contributed by atoms with E-state index in [4.69, 9.17) is 4.74 Å². The van der Waals surface area contributed by atoms with Gasteiger partial charge in [-0.15, -0.1) is 0 Å². The third-order valence-corrected chi connectivity index (χ3v) is 3.92. The van der Waals surface area contributed by atoms with Gasteiger partial charge in [-0.1, -0.05) is 19.1 Å². The van der Waals surface area contributed by atoms with E-state index in [-0.39, 0.29) is 0 Å². The average Bonchev–Trinajstić information content (AvgIpc) is 2.69. The lowest BCUT2D eigenvalue weighted by atomic mass is 9.88. The molecule has 0 amide bonds. The van der Waals surface area contributed by atoms with Crippen LogP contribution in [0.2, 0.25) is 0 Å². The number of hydrogen-bond acceptors (Lipinski definition) is 3. The number of phenols is 1. The van der Waals surface area contributed by atoms with Crippen LogP contribution in [0.3, 0.4) is 0 Å².